The van der Waals surface area contributed by atoms with Gasteiger partial charge in [0.15, 0.2) is 0 Å². The molecule has 1 atom stereocenters. The topological polar surface area (TPSA) is 32.3 Å². The van der Waals surface area contributed by atoms with Crippen LogP contribution in [0.5, 0.6) is 0 Å². The minimum Gasteiger partial charge on any atom is -0.341 e. The number of benzene rings is 1. The van der Waals surface area contributed by atoms with E-state index in [0.29, 0.717) is 18.9 Å². The summed E-state index contributed by atoms with van der Waals surface area (Å²) in [4.78, 5) is 14.2. The molecule has 1 fully saturated rings. The van der Waals surface area contributed by atoms with Crippen LogP contribution in [0.15, 0.2) is 18.2 Å². The largest absolute Gasteiger partial charge is 0.341 e. The molecule has 20 heavy (non-hydrogen) atoms. The van der Waals surface area contributed by atoms with Gasteiger partial charge in [0.25, 0.3) is 0 Å². The molecule has 1 aliphatic rings. The molecule has 110 valence electrons. The van der Waals surface area contributed by atoms with E-state index in [-0.39, 0.29) is 5.91 Å². The molecule has 0 aliphatic carbocycles. The zero-order valence-electron chi connectivity index (χ0n) is 12.9. The van der Waals surface area contributed by atoms with Crippen molar-refractivity contribution in [1.82, 2.24) is 10.2 Å². The average Bonchev–Trinajstić information content (AvgIpc) is 2.43. The van der Waals surface area contributed by atoms with E-state index in [0.717, 1.165) is 13.1 Å². The van der Waals surface area contributed by atoms with Gasteiger partial charge in [0.05, 0.1) is 0 Å². The summed E-state index contributed by atoms with van der Waals surface area (Å²) >= 11 is 0. The van der Waals surface area contributed by atoms with Gasteiger partial charge in [-0.1, -0.05) is 23.8 Å². The standard InChI is InChI=1S/C17H26N2O/c1-13-6-7-16(14(2)9-13)12-19(3)17(20)10-15-5-4-8-18-11-15/h6-7,9,15,18H,4-5,8,10-12H2,1-3H3. The molecule has 1 heterocycles. The van der Waals surface area contributed by atoms with Gasteiger partial charge in [-0.2, -0.15) is 0 Å². The maximum absolute atomic E-state index is 12.3. The van der Waals surface area contributed by atoms with Crippen LogP contribution in [-0.4, -0.2) is 30.9 Å². The normalized spacial score (nSPS) is 18.9. The van der Waals surface area contributed by atoms with Crippen molar-refractivity contribution in [2.45, 2.75) is 39.7 Å². The fraction of sp³-hybridized carbons (Fsp3) is 0.588. The Bertz CT molecular complexity index is 464. The highest BCUT2D eigenvalue weighted by Gasteiger charge is 2.19. The van der Waals surface area contributed by atoms with Crippen LogP contribution < -0.4 is 5.32 Å². The van der Waals surface area contributed by atoms with Crippen molar-refractivity contribution in [2.75, 3.05) is 20.1 Å². The molecule has 1 aromatic carbocycles. The van der Waals surface area contributed by atoms with Crippen molar-refractivity contribution in [2.24, 2.45) is 5.92 Å². The maximum atomic E-state index is 12.3. The number of hydrogen-bond acceptors (Lipinski definition) is 2. The third kappa shape index (κ3) is 4.07. The Balaban J connectivity index is 1.89. The van der Waals surface area contributed by atoms with Crippen LogP contribution in [0, 0.1) is 19.8 Å². The van der Waals surface area contributed by atoms with Gasteiger partial charge in [0.1, 0.15) is 0 Å². The average molecular weight is 274 g/mol. The Morgan fingerprint density at radius 2 is 2.20 bits per heavy atom. The van der Waals surface area contributed by atoms with Crippen molar-refractivity contribution >= 4 is 5.91 Å². The first kappa shape index (κ1) is 15.0. The molecule has 0 bridgehead atoms. The highest BCUT2D eigenvalue weighted by atomic mass is 16.2. The van der Waals surface area contributed by atoms with Crippen molar-refractivity contribution < 1.29 is 4.79 Å². The Labute approximate surface area is 122 Å². The van der Waals surface area contributed by atoms with E-state index >= 15 is 0 Å². The second-order valence-electron chi connectivity index (χ2n) is 6.10. The minimum atomic E-state index is 0.263. The third-order valence-corrected chi connectivity index (χ3v) is 4.19. The van der Waals surface area contributed by atoms with Gasteiger partial charge in [-0.05, 0) is 56.8 Å². The minimum absolute atomic E-state index is 0.263. The zero-order valence-corrected chi connectivity index (χ0v) is 12.9. The summed E-state index contributed by atoms with van der Waals surface area (Å²) in [6.45, 7) is 7.02. The maximum Gasteiger partial charge on any atom is 0.222 e. The number of amides is 1. The summed E-state index contributed by atoms with van der Waals surface area (Å²) in [5.41, 5.74) is 3.78. The molecule has 0 aromatic heterocycles. The third-order valence-electron chi connectivity index (χ3n) is 4.19. The summed E-state index contributed by atoms with van der Waals surface area (Å²) in [7, 11) is 1.91. The number of piperidine rings is 1. The molecule has 3 heteroatoms. The number of carbonyl (C=O) groups excluding carboxylic acids is 1. The van der Waals surface area contributed by atoms with Crippen molar-refractivity contribution in [3.05, 3.63) is 34.9 Å². The SMILES string of the molecule is Cc1ccc(CN(C)C(=O)CC2CCCNC2)c(C)c1. The van der Waals surface area contributed by atoms with E-state index in [1.807, 2.05) is 11.9 Å². The van der Waals surface area contributed by atoms with Crippen LogP contribution in [0.3, 0.4) is 0 Å². The van der Waals surface area contributed by atoms with Gasteiger partial charge in [0, 0.05) is 20.0 Å². The van der Waals surface area contributed by atoms with Gasteiger partial charge in [0.2, 0.25) is 5.91 Å². The number of nitrogens with one attached hydrogen (secondary N) is 1. The van der Waals surface area contributed by atoms with Gasteiger partial charge in [-0.25, -0.2) is 0 Å². The summed E-state index contributed by atoms with van der Waals surface area (Å²) in [6.07, 6.45) is 3.04. The van der Waals surface area contributed by atoms with E-state index in [2.05, 4.69) is 37.4 Å². The van der Waals surface area contributed by atoms with Crippen LogP contribution >= 0.6 is 0 Å². The predicted octanol–water partition coefficient (Wildman–Crippen LogP) is 2.65. The number of carbonyl (C=O) groups is 1. The molecule has 1 amide bonds. The molecule has 1 aliphatic heterocycles. The molecule has 1 aromatic rings. The zero-order chi connectivity index (χ0) is 14.5. The lowest BCUT2D eigenvalue weighted by atomic mass is 9.95. The molecule has 1 N–H and O–H groups in total. The number of nitrogens with zero attached hydrogens (tertiary/aromatic N) is 1. The van der Waals surface area contributed by atoms with Crippen molar-refractivity contribution in [1.29, 1.82) is 0 Å². The number of hydrogen-bond donors (Lipinski definition) is 1. The summed E-state index contributed by atoms with van der Waals surface area (Å²) < 4.78 is 0. The lowest BCUT2D eigenvalue weighted by Crippen LogP contribution is -2.35. The quantitative estimate of drug-likeness (QED) is 0.915. The molecule has 1 unspecified atom stereocenters. The summed E-state index contributed by atoms with van der Waals surface area (Å²) in [5, 5.41) is 3.37. The fourth-order valence-electron chi connectivity index (χ4n) is 2.87. The Morgan fingerprint density at radius 3 is 2.85 bits per heavy atom. The molecule has 0 radical (unpaired) electrons. The fourth-order valence-corrected chi connectivity index (χ4v) is 2.87. The van der Waals surface area contributed by atoms with Gasteiger partial charge in [-0.15, -0.1) is 0 Å². The smallest absolute Gasteiger partial charge is 0.222 e. The second kappa shape index (κ2) is 6.89. The van der Waals surface area contributed by atoms with Gasteiger partial charge >= 0.3 is 0 Å². The van der Waals surface area contributed by atoms with Crippen LogP contribution in [0.25, 0.3) is 0 Å². The van der Waals surface area contributed by atoms with Gasteiger partial charge in [-0.3, -0.25) is 4.79 Å². The van der Waals surface area contributed by atoms with E-state index in [1.54, 1.807) is 0 Å². The van der Waals surface area contributed by atoms with E-state index in [9.17, 15) is 4.79 Å². The van der Waals surface area contributed by atoms with Crippen molar-refractivity contribution in [3.63, 3.8) is 0 Å². The number of aryl methyl sites for hydroxylation is 2. The summed E-state index contributed by atoms with van der Waals surface area (Å²) in [6, 6.07) is 6.43. The highest BCUT2D eigenvalue weighted by Crippen LogP contribution is 2.17. The lowest BCUT2D eigenvalue weighted by Gasteiger charge is -2.25. The summed E-state index contributed by atoms with van der Waals surface area (Å²) in [5.74, 6) is 0.775. The van der Waals surface area contributed by atoms with E-state index in [1.165, 1.54) is 29.5 Å². The second-order valence-corrected chi connectivity index (χ2v) is 6.10. The molecule has 0 spiro atoms. The van der Waals surface area contributed by atoms with Gasteiger partial charge < -0.3 is 10.2 Å². The Kier molecular flexibility index (Phi) is 5.18. The van der Waals surface area contributed by atoms with Crippen molar-refractivity contribution in [3.8, 4) is 0 Å². The predicted molar refractivity (Wildman–Crippen MR) is 82.6 cm³/mol. The molecule has 1 saturated heterocycles. The van der Waals surface area contributed by atoms with E-state index < -0.39 is 0 Å². The monoisotopic (exact) mass is 274 g/mol. The van der Waals surface area contributed by atoms with Crippen LogP contribution in [-0.2, 0) is 11.3 Å². The Morgan fingerprint density at radius 1 is 1.40 bits per heavy atom. The first-order chi connectivity index (χ1) is 9.56. The van der Waals surface area contributed by atoms with E-state index in [4.69, 9.17) is 0 Å². The molecule has 0 saturated carbocycles. The molecule has 2 rings (SSSR count). The first-order valence-electron chi connectivity index (χ1n) is 7.57. The Hall–Kier alpha value is -1.35. The lowest BCUT2D eigenvalue weighted by molar-refractivity contribution is -0.131. The number of rotatable bonds is 4. The molecular weight excluding hydrogens is 248 g/mol. The van der Waals surface area contributed by atoms with Crippen LogP contribution in [0.4, 0.5) is 0 Å². The van der Waals surface area contributed by atoms with Crippen LogP contribution in [0.2, 0.25) is 0 Å². The first-order valence-corrected chi connectivity index (χ1v) is 7.57. The highest BCUT2D eigenvalue weighted by molar-refractivity contribution is 5.76. The van der Waals surface area contributed by atoms with Crippen LogP contribution in [0.1, 0.15) is 36.0 Å². The molecule has 3 nitrogen and oxygen atoms in total. The molecular formula is C17H26N2O.